The van der Waals surface area contributed by atoms with E-state index in [4.69, 9.17) is 0 Å². The van der Waals surface area contributed by atoms with Crippen molar-refractivity contribution in [2.75, 3.05) is 18.0 Å². The number of amides is 1. The van der Waals surface area contributed by atoms with Crippen molar-refractivity contribution in [2.24, 2.45) is 0 Å². The molecule has 0 atom stereocenters. The Kier molecular flexibility index (Phi) is 4.91. The minimum Gasteiger partial charge on any atom is -0.357 e. The smallest absolute Gasteiger partial charge is 0.252 e. The summed E-state index contributed by atoms with van der Waals surface area (Å²) in [4.78, 5) is 23.6. The zero-order valence-electron chi connectivity index (χ0n) is 13.1. The van der Waals surface area contributed by atoms with Gasteiger partial charge < -0.3 is 10.2 Å². The molecule has 1 N–H and O–H groups in total. The zero-order chi connectivity index (χ0) is 16.2. The Balaban J connectivity index is 1.70. The third-order valence-electron chi connectivity index (χ3n) is 3.84. The largest absolute Gasteiger partial charge is 0.357 e. The predicted molar refractivity (Wildman–Crippen MR) is 93.5 cm³/mol. The van der Waals surface area contributed by atoms with Gasteiger partial charge in [-0.1, -0.05) is 12.1 Å². The van der Waals surface area contributed by atoms with Crippen LogP contribution in [-0.2, 0) is 6.54 Å². The molecule has 120 valence electrons. The first-order valence-corrected chi connectivity index (χ1v) is 8.55. The summed E-state index contributed by atoms with van der Waals surface area (Å²) in [6.07, 6.45) is 2.41. The molecule has 0 aliphatic carbocycles. The van der Waals surface area contributed by atoms with Crippen molar-refractivity contribution in [1.82, 2.24) is 15.3 Å². The summed E-state index contributed by atoms with van der Waals surface area (Å²) >= 11 is 3.39. The standard InChI is InChI=1S/C17H19BrN4O/c1-12-10-16(22-8-4-5-9-22)21-15(20-12)11-19-17(23)13-6-2-3-7-14(13)18/h2-3,6-7,10H,4-5,8-9,11H2,1H3,(H,19,23). The third kappa shape index (κ3) is 3.88. The van der Waals surface area contributed by atoms with Gasteiger partial charge in [-0.15, -0.1) is 0 Å². The Morgan fingerprint density at radius 2 is 2.00 bits per heavy atom. The number of nitrogens with one attached hydrogen (secondary N) is 1. The molecule has 0 radical (unpaired) electrons. The molecule has 1 aliphatic rings. The van der Waals surface area contributed by atoms with Gasteiger partial charge in [0, 0.05) is 29.3 Å². The van der Waals surface area contributed by atoms with Gasteiger partial charge in [-0.3, -0.25) is 4.79 Å². The van der Waals surface area contributed by atoms with Crippen molar-refractivity contribution in [2.45, 2.75) is 26.3 Å². The number of halogens is 1. The maximum atomic E-state index is 12.3. The number of hydrogen-bond acceptors (Lipinski definition) is 4. The minimum atomic E-state index is -0.134. The van der Waals surface area contributed by atoms with Crippen LogP contribution in [0.1, 0.15) is 34.7 Å². The van der Waals surface area contributed by atoms with Gasteiger partial charge in [0.05, 0.1) is 12.1 Å². The van der Waals surface area contributed by atoms with Crippen LogP contribution < -0.4 is 10.2 Å². The lowest BCUT2D eigenvalue weighted by atomic mass is 10.2. The van der Waals surface area contributed by atoms with E-state index >= 15 is 0 Å². The van der Waals surface area contributed by atoms with Crippen LogP contribution in [0.5, 0.6) is 0 Å². The molecule has 6 heteroatoms. The molecule has 0 spiro atoms. The van der Waals surface area contributed by atoms with Gasteiger partial charge in [-0.2, -0.15) is 0 Å². The molecular weight excluding hydrogens is 356 g/mol. The van der Waals surface area contributed by atoms with Crippen molar-refractivity contribution in [3.63, 3.8) is 0 Å². The molecule has 1 fully saturated rings. The van der Waals surface area contributed by atoms with E-state index in [0.717, 1.165) is 29.1 Å². The number of rotatable bonds is 4. The van der Waals surface area contributed by atoms with Crippen LogP contribution in [-0.4, -0.2) is 29.0 Å². The second-order valence-corrected chi connectivity index (χ2v) is 6.49. The average molecular weight is 375 g/mol. The first kappa shape index (κ1) is 15.9. The van der Waals surface area contributed by atoms with Gasteiger partial charge in [0.15, 0.2) is 0 Å². The minimum absolute atomic E-state index is 0.134. The lowest BCUT2D eigenvalue weighted by Crippen LogP contribution is -2.26. The molecule has 0 saturated carbocycles. The number of aryl methyl sites for hydroxylation is 1. The van der Waals surface area contributed by atoms with Crippen molar-refractivity contribution in [1.29, 1.82) is 0 Å². The number of carbonyl (C=O) groups excluding carboxylic acids is 1. The average Bonchev–Trinajstić information content (AvgIpc) is 3.07. The van der Waals surface area contributed by atoms with E-state index in [9.17, 15) is 4.79 Å². The van der Waals surface area contributed by atoms with Crippen LogP contribution in [0, 0.1) is 6.92 Å². The van der Waals surface area contributed by atoms with E-state index in [2.05, 4.69) is 36.1 Å². The molecule has 1 saturated heterocycles. The van der Waals surface area contributed by atoms with Crippen molar-refractivity contribution in [3.8, 4) is 0 Å². The molecule has 0 bridgehead atoms. The Morgan fingerprint density at radius 3 is 2.74 bits per heavy atom. The van der Waals surface area contributed by atoms with Gasteiger partial charge in [-0.25, -0.2) is 9.97 Å². The van der Waals surface area contributed by atoms with E-state index in [-0.39, 0.29) is 5.91 Å². The van der Waals surface area contributed by atoms with Gasteiger partial charge in [0.2, 0.25) is 0 Å². The van der Waals surface area contributed by atoms with Crippen molar-refractivity contribution >= 4 is 27.7 Å². The molecule has 1 amide bonds. The summed E-state index contributed by atoms with van der Waals surface area (Å²) in [6.45, 7) is 4.36. The summed E-state index contributed by atoms with van der Waals surface area (Å²) in [5.74, 6) is 1.47. The first-order chi connectivity index (χ1) is 11.1. The van der Waals surface area contributed by atoms with Crippen LogP contribution in [0.2, 0.25) is 0 Å². The topological polar surface area (TPSA) is 58.1 Å². The lowest BCUT2D eigenvalue weighted by Gasteiger charge is -2.17. The van der Waals surface area contributed by atoms with Crippen LogP contribution in [0.3, 0.4) is 0 Å². The molecule has 1 aliphatic heterocycles. The second-order valence-electron chi connectivity index (χ2n) is 5.64. The summed E-state index contributed by atoms with van der Waals surface area (Å²) in [5.41, 5.74) is 1.53. The Labute approximate surface area is 144 Å². The number of anilines is 1. The van der Waals surface area contributed by atoms with E-state index in [1.807, 2.05) is 31.2 Å². The molecule has 1 aromatic carbocycles. The SMILES string of the molecule is Cc1cc(N2CCCC2)nc(CNC(=O)c2ccccc2Br)n1. The van der Waals surface area contributed by atoms with Gasteiger partial charge in [0.1, 0.15) is 11.6 Å². The molecule has 0 unspecified atom stereocenters. The number of hydrogen-bond donors (Lipinski definition) is 1. The Bertz CT molecular complexity index is 713. The predicted octanol–water partition coefficient (Wildman–Crippen LogP) is 3.08. The third-order valence-corrected chi connectivity index (χ3v) is 4.53. The maximum Gasteiger partial charge on any atom is 0.252 e. The van der Waals surface area contributed by atoms with E-state index in [0.29, 0.717) is 17.9 Å². The summed E-state index contributed by atoms with van der Waals surface area (Å²) in [5, 5.41) is 2.89. The molecule has 2 aromatic rings. The maximum absolute atomic E-state index is 12.3. The molecule has 5 nitrogen and oxygen atoms in total. The highest BCUT2D eigenvalue weighted by Crippen LogP contribution is 2.19. The van der Waals surface area contributed by atoms with Gasteiger partial charge in [0.25, 0.3) is 5.91 Å². The summed E-state index contributed by atoms with van der Waals surface area (Å²) in [6, 6.07) is 9.36. The molecule has 2 heterocycles. The second kappa shape index (κ2) is 7.08. The fraction of sp³-hybridized carbons (Fsp3) is 0.353. The molecule has 23 heavy (non-hydrogen) atoms. The Morgan fingerprint density at radius 1 is 1.26 bits per heavy atom. The van der Waals surface area contributed by atoms with Crippen molar-refractivity contribution in [3.05, 3.63) is 51.9 Å². The quantitative estimate of drug-likeness (QED) is 0.893. The van der Waals surface area contributed by atoms with Crippen LogP contribution in [0.15, 0.2) is 34.8 Å². The number of nitrogens with zero attached hydrogens (tertiary/aromatic N) is 3. The monoisotopic (exact) mass is 374 g/mol. The highest BCUT2D eigenvalue weighted by atomic mass is 79.9. The zero-order valence-corrected chi connectivity index (χ0v) is 14.6. The fourth-order valence-corrected chi connectivity index (χ4v) is 3.16. The van der Waals surface area contributed by atoms with Crippen molar-refractivity contribution < 1.29 is 4.79 Å². The lowest BCUT2D eigenvalue weighted by molar-refractivity contribution is 0.0949. The number of aromatic nitrogens is 2. The highest BCUT2D eigenvalue weighted by molar-refractivity contribution is 9.10. The van der Waals surface area contributed by atoms with Crippen LogP contribution in [0.25, 0.3) is 0 Å². The number of carbonyl (C=O) groups is 1. The fourth-order valence-electron chi connectivity index (χ4n) is 2.70. The van der Waals surface area contributed by atoms with E-state index in [1.54, 1.807) is 6.07 Å². The number of benzene rings is 1. The van der Waals surface area contributed by atoms with E-state index < -0.39 is 0 Å². The van der Waals surface area contributed by atoms with Crippen LogP contribution in [0.4, 0.5) is 5.82 Å². The highest BCUT2D eigenvalue weighted by Gasteiger charge is 2.15. The summed E-state index contributed by atoms with van der Waals surface area (Å²) < 4.78 is 0.778. The van der Waals surface area contributed by atoms with E-state index in [1.165, 1.54) is 12.8 Å². The first-order valence-electron chi connectivity index (χ1n) is 7.76. The normalized spacial score (nSPS) is 14.1. The molecule has 3 rings (SSSR count). The molecular formula is C17H19BrN4O. The van der Waals surface area contributed by atoms with Gasteiger partial charge >= 0.3 is 0 Å². The Hall–Kier alpha value is -1.95. The van der Waals surface area contributed by atoms with Crippen LogP contribution >= 0.6 is 15.9 Å². The molecule has 1 aromatic heterocycles. The summed E-state index contributed by atoms with van der Waals surface area (Å²) in [7, 11) is 0. The van der Waals surface area contributed by atoms with Gasteiger partial charge in [-0.05, 0) is 47.8 Å².